The summed E-state index contributed by atoms with van der Waals surface area (Å²) in [6, 6.07) is 13.4. The molecule has 0 fully saturated rings. The molecule has 0 spiro atoms. The van der Waals surface area contributed by atoms with Crippen molar-refractivity contribution in [3.8, 4) is 0 Å². The molecule has 0 aromatic heterocycles. The molecule has 2 aromatic carbocycles. The molecule has 0 aliphatic carbocycles. The Morgan fingerprint density at radius 1 is 1.04 bits per heavy atom. The van der Waals surface area contributed by atoms with E-state index in [-0.39, 0.29) is 10.5 Å². The van der Waals surface area contributed by atoms with Crippen molar-refractivity contribution < 1.29 is 22.7 Å². The Bertz CT molecular complexity index is 833. The van der Waals surface area contributed by atoms with Crippen LogP contribution in [0.15, 0.2) is 59.5 Å². The summed E-state index contributed by atoms with van der Waals surface area (Å²) >= 11 is 0. The molecule has 0 radical (unpaired) electrons. The molecule has 2 amide bonds. The Labute approximate surface area is 139 Å². The molecule has 2 aromatic rings. The Kier molecular flexibility index (Phi) is 5.32. The van der Waals surface area contributed by atoms with E-state index in [1.54, 1.807) is 30.3 Å². The number of ether oxygens (including phenoxy) is 1. The van der Waals surface area contributed by atoms with Crippen LogP contribution in [0.1, 0.15) is 22.0 Å². The van der Waals surface area contributed by atoms with Crippen LogP contribution < -0.4 is 10.5 Å². The van der Waals surface area contributed by atoms with E-state index >= 15 is 0 Å². The van der Waals surface area contributed by atoms with Gasteiger partial charge >= 0.3 is 0 Å². The van der Waals surface area contributed by atoms with Crippen LogP contribution in [0.25, 0.3) is 0 Å². The molecule has 0 aliphatic heterocycles. The zero-order valence-electron chi connectivity index (χ0n) is 12.8. The minimum Gasteiger partial charge on any atom is -0.367 e. The van der Waals surface area contributed by atoms with Crippen molar-refractivity contribution in [2.75, 3.05) is 7.11 Å². The summed E-state index contributed by atoms with van der Waals surface area (Å²) in [5.74, 6) is -1.49. The first kappa shape index (κ1) is 17.6. The van der Waals surface area contributed by atoms with E-state index in [0.29, 0.717) is 5.56 Å². The van der Waals surface area contributed by atoms with E-state index in [0.717, 1.165) is 0 Å². The van der Waals surface area contributed by atoms with Gasteiger partial charge in [-0.3, -0.25) is 9.59 Å². The van der Waals surface area contributed by atoms with Crippen molar-refractivity contribution >= 4 is 21.8 Å². The van der Waals surface area contributed by atoms with Crippen molar-refractivity contribution in [2.24, 2.45) is 5.73 Å². The predicted octanol–water partition coefficient (Wildman–Crippen LogP) is 0.978. The fourth-order valence-corrected chi connectivity index (χ4v) is 3.05. The number of carbonyl (C=O) groups is 2. The molecule has 2 rings (SSSR count). The summed E-state index contributed by atoms with van der Waals surface area (Å²) in [6.07, 6.45) is -1.06. The highest BCUT2D eigenvalue weighted by Crippen LogP contribution is 2.18. The molecular weight excluding hydrogens is 332 g/mol. The molecule has 0 saturated carbocycles. The van der Waals surface area contributed by atoms with Gasteiger partial charge in [-0.2, -0.15) is 0 Å². The number of hydrogen-bond donors (Lipinski definition) is 2. The smallest absolute Gasteiger partial charge is 0.267 e. The van der Waals surface area contributed by atoms with E-state index in [2.05, 4.69) is 0 Å². The minimum absolute atomic E-state index is 0.163. The third-order valence-corrected chi connectivity index (χ3v) is 4.62. The fraction of sp³-hybridized carbons (Fsp3) is 0.125. The Morgan fingerprint density at radius 2 is 1.62 bits per heavy atom. The summed E-state index contributed by atoms with van der Waals surface area (Å²) < 4.78 is 31.6. The molecule has 0 aliphatic rings. The first-order chi connectivity index (χ1) is 11.3. The van der Waals surface area contributed by atoms with Gasteiger partial charge in [0.1, 0.15) is 0 Å². The quantitative estimate of drug-likeness (QED) is 0.807. The Morgan fingerprint density at radius 3 is 2.12 bits per heavy atom. The van der Waals surface area contributed by atoms with Gasteiger partial charge in [0.15, 0.2) is 6.10 Å². The monoisotopic (exact) mass is 348 g/mol. The molecule has 126 valence electrons. The molecule has 24 heavy (non-hydrogen) atoms. The molecule has 1 atom stereocenters. The van der Waals surface area contributed by atoms with E-state index in [4.69, 9.17) is 10.5 Å². The molecule has 0 heterocycles. The van der Waals surface area contributed by atoms with Crippen LogP contribution >= 0.6 is 0 Å². The van der Waals surface area contributed by atoms with Crippen LogP contribution in [-0.4, -0.2) is 27.3 Å². The van der Waals surface area contributed by atoms with Crippen molar-refractivity contribution in [1.29, 1.82) is 0 Å². The van der Waals surface area contributed by atoms with Crippen LogP contribution in [0.3, 0.4) is 0 Å². The fourth-order valence-electron chi connectivity index (χ4n) is 2.07. The van der Waals surface area contributed by atoms with Gasteiger partial charge in [0, 0.05) is 12.7 Å². The van der Waals surface area contributed by atoms with Gasteiger partial charge in [0.2, 0.25) is 5.91 Å². The number of sulfonamides is 1. The number of hydrogen-bond acceptors (Lipinski definition) is 5. The zero-order valence-corrected chi connectivity index (χ0v) is 13.6. The summed E-state index contributed by atoms with van der Waals surface area (Å²) in [5.41, 5.74) is 5.79. The average molecular weight is 348 g/mol. The van der Waals surface area contributed by atoms with Gasteiger partial charge in [0.05, 0.1) is 4.90 Å². The van der Waals surface area contributed by atoms with Crippen molar-refractivity contribution in [2.45, 2.75) is 11.0 Å². The number of benzene rings is 2. The largest absolute Gasteiger partial charge is 0.367 e. The Hall–Kier alpha value is -2.71. The van der Waals surface area contributed by atoms with E-state index in [9.17, 15) is 18.0 Å². The van der Waals surface area contributed by atoms with E-state index in [1.165, 1.54) is 31.4 Å². The van der Waals surface area contributed by atoms with Gasteiger partial charge in [-0.05, 0) is 29.8 Å². The van der Waals surface area contributed by atoms with Gasteiger partial charge in [-0.1, -0.05) is 30.3 Å². The number of nitrogens with two attached hydrogens (primary N) is 1. The molecule has 7 nitrogen and oxygen atoms in total. The number of amides is 2. The highest BCUT2D eigenvalue weighted by molar-refractivity contribution is 7.90. The maximum atomic E-state index is 12.3. The summed E-state index contributed by atoms with van der Waals surface area (Å²) in [7, 11) is -2.79. The third-order valence-electron chi connectivity index (χ3n) is 3.26. The van der Waals surface area contributed by atoms with E-state index < -0.39 is 27.9 Å². The number of methoxy groups -OCH3 is 1. The van der Waals surface area contributed by atoms with Gasteiger partial charge in [-0.15, -0.1) is 0 Å². The molecule has 0 saturated heterocycles. The summed E-state index contributed by atoms with van der Waals surface area (Å²) in [5, 5.41) is 0. The lowest BCUT2D eigenvalue weighted by molar-refractivity contribution is -0.129. The maximum absolute atomic E-state index is 12.3. The highest BCUT2D eigenvalue weighted by Gasteiger charge is 2.25. The number of nitrogens with one attached hydrogen (secondary N) is 1. The van der Waals surface area contributed by atoms with Crippen LogP contribution in [0.2, 0.25) is 0 Å². The van der Waals surface area contributed by atoms with Crippen LogP contribution in [0, 0.1) is 0 Å². The molecular formula is C16H16N2O5S. The molecule has 0 unspecified atom stereocenters. The molecule has 0 bridgehead atoms. The lowest BCUT2D eigenvalue weighted by Crippen LogP contribution is -2.35. The second kappa shape index (κ2) is 7.24. The number of rotatable bonds is 6. The zero-order chi connectivity index (χ0) is 17.7. The van der Waals surface area contributed by atoms with Crippen molar-refractivity contribution in [3.63, 3.8) is 0 Å². The van der Waals surface area contributed by atoms with Crippen LogP contribution in [-0.2, 0) is 19.6 Å². The van der Waals surface area contributed by atoms with Gasteiger partial charge < -0.3 is 10.5 Å². The van der Waals surface area contributed by atoms with Crippen molar-refractivity contribution in [3.05, 3.63) is 65.7 Å². The highest BCUT2D eigenvalue weighted by atomic mass is 32.2. The lowest BCUT2D eigenvalue weighted by atomic mass is 10.1. The average Bonchev–Trinajstić information content (AvgIpc) is 2.56. The second-order valence-corrected chi connectivity index (χ2v) is 6.57. The Balaban J connectivity index is 2.21. The van der Waals surface area contributed by atoms with Crippen LogP contribution in [0.5, 0.6) is 0 Å². The van der Waals surface area contributed by atoms with Gasteiger partial charge in [0.25, 0.3) is 15.9 Å². The SMILES string of the molecule is CO[C@H](C(=O)NS(=O)(=O)c1ccc(C(N)=O)cc1)c1ccccc1. The number of primary amides is 1. The normalized spacial score (nSPS) is 12.4. The first-order valence-corrected chi connectivity index (χ1v) is 8.38. The first-order valence-electron chi connectivity index (χ1n) is 6.89. The summed E-state index contributed by atoms with van der Waals surface area (Å²) in [4.78, 5) is 23.1. The topological polar surface area (TPSA) is 116 Å². The standard InChI is InChI=1S/C16H16N2O5S/c1-23-14(11-5-3-2-4-6-11)16(20)18-24(21,22)13-9-7-12(8-10-13)15(17)19/h2-10,14H,1H3,(H2,17,19)(H,18,20)/t14-/m0/s1. The minimum atomic E-state index is -4.10. The predicted molar refractivity (Wildman–Crippen MR) is 86.5 cm³/mol. The number of carbonyl (C=O) groups excluding carboxylic acids is 2. The van der Waals surface area contributed by atoms with Gasteiger partial charge in [-0.25, -0.2) is 13.1 Å². The third kappa shape index (κ3) is 3.98. The van der Waals surface area contributed by atoms with Crippen LogP contribution in [0.4, 0.5) is 0 Å². The molecule has 8 heteroatoms. The van der Waals surface area contributed by atoms with E-state index in [1.807, 2.05) is 4.72 Å². The maximum Gasteiger partial charge on any atom is 0.267 e. The molecule has 3 N–H and O–H groups in total. The van der Waals surface area contributed by atoms with Crippen molar-refractivity contribution in [1.82, 2.24) is 4.72 Å². The second-order valence-electron chi connectivity index (χ2n) is 4.88. The lowest BCUT2D eigenvalue weighted by Gasteiger charge is -2.15. The summed E-state index contributed by atoms with van der Waals surface area (Å²) in [6.45, 7) is 0.